The lowest BCUT2D eigenvalue weighted by Crippen LogP contribution is -2.10. The number of esters is 2. The van der Waals surface area contributed by atoms with Crippen LogP contribution in [-0.4, -0.2) is 74.4 Å². The number of benzene rings is 2. The fourth-order valence-electron chi connectivity index (χ4n) is 5.81. The number of fused-ring (bicyclic) bond motifs is 2. The van der Waals surface area contributed by atoms with E-state index in [4.69, 9.17) is 9.47 Å². The topological polar surface area (TPSA) is 287 Å². The zero-order valence-electron chi connectivity index (χ0n) is 30.3. The van der Waals surface area contributed by atoms with E-state index >= 15 is 0 Å². The number of nitro groups is 4. The van der Waals surface area contributed by atoms with Crippen LogP contribution in [-0.2, 0) is 9.47 Å². The highest BCUT2D eigenvalue weighted by Crippen LogP contribution is 2.34. The van der Waals surface area contributed by atoms with Crippen molar-refractivity contribution in [3.63, 3.8) is 0 Å². The largest absolute Gasteiger partial charge is 0.461 e. The first-order chi connectivity index (χ1) is 26.9. The summed E-state index contributed by atoms with van der Waals surface area (Å²) >= 11 is 0. The molecule has 22 nitrogen and oxygen atoms in total. The van der Waals surface area contributed by atoms with E-state index in [1.54, 1.807) is 0 Å². The van der Waals surface area contributed by atoms with Gasteiger partial charge in [0.15, 0.2) is 22.7 Å². The second kappa shape index (κ2) is 17.9. The molecule has 0 aliphatic rings. The van der Waals surface area contributed by atoms with Crippen molar-refractivity contribution < 1.29 is 38.8 Å². The molecule has 0 aliphatic heterocycles. The summed E-state index contributed by atoms with van der Waals surface area (Å²) in [6.45, 7) is 4.07. The minimum Gasteiger partial charge on any atom is -0.461 e. The van der Waals surface area contributed by atoms with E-state index in [1.165, 1.54) is 0 Å². The maximum atomic E-state index is 13.6. The van der Waals surface area contributed by atoms with E-state index in [-0.39, 0.29) is 46.9 Å². The summed E-state index contributed by atoms with van der Waals surface area (Å²) in [5.74, 6) is -2.01. The second-order valence-corrected chi connectivity index (χ2v) is 12.6. The number of carbonyl (C=O) groups excluding carboxylic acids is 2. The Kier molecular flexibility index (Phi) is 12.8. The highest BCUT2D eigenvalue weighted by Gasteiger charge is 2.32. The fourth-order valence-corrected chi connectivity index (χ4v) is 5.81. The molecule has 5 aromatic rings. The van der Waals surface area contributed by atoms with Crippen LogP contribution in [0.15, 0.2) is 36.4 Å². The third kappa shape index (κ3) is 8.69. The minimum atomic E-state index is -1.00. The first kappa shape index (κ1) is 40.2. The number of aromatic nitrogens is 6. The van der Waals surface area contributed by atoms with Crippen molar-refractivity contribution in [2.45, 2.75) is 78.1 Å². The lowest BCUT2D eigenvalue weighted by Gasteiger charge is -2.06. The van der Waals surface area contributed by atoms with Gasteiger partial charge in [-0.3, -0.25) is 40.5 Å². The number of nitro benzene ring substituents is 4. The molecule has 0 aliphatic carbocycles. The number of hydrogen-bond donors (Lipinski definition) is 0. The summed E-state index contributed by atoms with van der Waals surface area (Å²) in [7, 11) is 0. The number of rotatable bonds is 20. The lowest BCUT2D eigenvalue weighted by atomic mass is 10.2. The molecule has 5 rings (SSSR count). The van der Waals surface area contributed by atoms with Crippen molar-refractivity contribution in [2.24, 2.45) is 0 Å². The van der Waals surface area contributed by atoms with Crippen LogP contribution in [0.4, 0.5) is 22.7 Å². The van der Waals surface area contributed by atoms with Gasteiger partial charge in [-0.1, -0.05) is 65.2 Å². The average molecular weight is 777 g/mol. The smallest absolute Gasteiger partial charge is 0.361 e. The van der Waals surface area contributed by atoms with Crippen LogP contribution in [0.5, 0.6) is 0 Å². The SMILES string of the molecule is CCCCCCCOC(=O)c1nn(-c2ccc([N+](=O)[O-])cc2[N+](=O)[O-])c2nc3c(nc12)c(C(=O)OCCCCCCC)nn3-c1ccc([N+](=O)[O-])cc1[N+](=O)[O-]. The molecule has 0 radical (unpaired) electrons. The Balaban J connectivity index is 1.75. The highest BCUT2D eigenvalue weighted by atomic mass is 16.6. The molecule has 0 amide bonds. The standard InChI is InChI=1S/C34H36N10O12/c1-3-5-7-9-11-17-55-33(45)29-27-31(39(37-29)23-15-13-21(41(47)48)19-25(23)43(51)52)36-32-28(35-27)30(34(46)56-18-12-10-8-6-4-2)38-40(32)24-16-14-22(42(49)50)20-26(24)44(53)54/h13-16,19-20H,3-12,17-18H2,1-2H3. The normalized spacial score (nSPS) is 11.2. The van der Waals surface area contributed by atoms with Crippen molar-refractivity contribution in [3.8, 4) is 11.4 Å². The van der Waals surface area contributed by atoms with E-state index in [2.05, 4.69) is 20.2 Å². The van der Waals surface area contributed by atoms with Gasteiger partial charge < -0.3 is 9.47 Å². The van der Waals surface area contributed by atoms with Crippen LogP contribution >= 0.6 is 0 Å². The number of unbranched alkanes of at least 4 members (excludes halogenated alkanes) is 8. The summed E-state index contributed by atoms with van der Waals surface area (Å²) in [6.07, 6.45) is 8.36. The molecule has 56 heavy (non-hydrogen) atoms. The molecule has 0 spiro atoms. The Labute approximate surface area is 316 Å². The maximum absolute atomic E-state index is 13.6. The number of ether oxygens (including phenoxy) is 2. The zero-order valence-corrected chi connectivity index (χ0v) is 30.3. The molecule has 0 fully saturated rings. The molecule has 0 atom stereocenters. The van der Waals surface area contributed by atoms with Gasteiger partial charge in [-0.25, -0.2) is 28.9 Å². The molecular weight excluding hydrogens is 740 g/mol. The molecule has 2 aromatic carbocycles. The summed E-state index contributed by atoms with van der Waals surface area (Å²) in [4.78, 5) is 80.0. The molecule has 294 valence electrons. The predicted molar refractivity (Wildman–Crippen MR) is 196 cm³/mol. The van der Waals surface area contributed by atoms with Gasteiger partial charge in [0.2, 0.25) is 0 Å². The van der Waals surface area contributed by atoms with Crippen LogP contribution in [0.2, 0.25) is 0 Å². The number of carbonyl (C=O) groups is 2. The molecule has 0 saturated carbocycles. The Bertz CT molecular complexity index is 2180. The second-order valence-electron chi connectivity index (χ2n) is 12.6. The lowest BCUT2D eigenvalue weighted by molar-refractivity contribution is -0.394. The zero-order chi connectivity index (χ0) is 40.5. The van der Waals surface area contributed by atoms with Crippen molar-refractivity contribution in [1.29, 1.82) is 0 Å². The van der Waals surface area contributed by atoms with Gasteiger partial charge in [0.25, 0.3) is 11.4 Å². The van der Waals surface area contributed by atoms with Crippen molar-refractivity contribution in [3.05, 3.63) is 88.2 Å². The first-order valence-corrected chi connectivity index (χ1v) is 17.8. The number of hydrogen-bond acceptors (Lipinski definition) is 16. The average Bonchev–Trinajstić information content (AvgIpc) is 3.74. The van der Waals surface area contributed by atoms with E-state index in [0.29, 0.717) is 25.0 Å². The summed E-state index contributed by atoms with van der Waals surface area (Å²) in [5.41, 5.74) is -5.97. The molecule has 0 unspecified atom stereocenters. The van der Waals surface area contributed by atoms with Gasteiger partial charge in [0, 0.05) is 12.1 Å². The molecule has 22 heteroatoms. The third-order valence-electron chi connectivity index (χ3n) is 8.65. The molecule has 0 bridgehead atoms. The number of nitrogens with zero attached hydrogens (tertiary/aromatic N) is 10. The Morgan fingerprint density at radius 1 is 0.571 bits per heavy atom. The first-order valence-electron chi connectivity index (χ1n) is 17.8. The number of non-ortho nitro benzene ring substituents is 2. The van der Waals surface area contributed by atoms with Crippen molar-refractivity contribution in [2.75, 3.05) is 13.2 Å². The molecule has 3 heterocycles. The van der Waals surface area contributed by atoms with Crippen LogP contribution in [0.25, 0.3) is 33.7 Å². The quantitative estimate of drug-likeness (QED) is 0.0331. The van der Waals surface area contributed by atoms with E-state index in [9.17, 15) is 50.0 Å². The van der Waals surface area contributed by atoms with Gasteiger partial charge in [-0.2, -0.15) is 10.2 Å². The summed E-state index contributed by atoms with van der Waals surface area (Å²) in [6, 6.07) is 5.33. The van der Waals surface area contributed by atoms with Gasteiger partial charge >= 0.3 is 23.3 Å². The minimum absolute atomic E-state index is 0.0121. The van der Waals surface area contributed by atoms with E-state index in [0.717, 1.165) is 85.0 Å². The van der Waals surface area contributed by atoms with Crippen molar-refractivity contribution >= 4 is 57.0 Å². The van der Waals surface area contributed by atoms with Gasteiger partial charge in [-0.15, -0.1) is 0 Å². The van der Waals surface area contributed by atoms with Gasteiger partial charge in [0.1, 0.15) is 22.4 Å². The van der Waals surface area contributed by atoms with Gasteiger partial charge in [0.05, 0.1) is 45.0 Å². The van der Waals surface area contributed by atoms with Crippen molar-refractivity contribution in [1.82, 2.24) is 29.5 Å². The predicted octanol–water partition coefficient (Wildman–Crippen LogP) is 7.04. The highest BCUT2D eigenvalue weighted by molar-refractivity contribution is 6.05. The Morgan fingerprint density at radius 2 is 0.964 bits per heavy atom. The Morgan fingerprint density at radius 3 is 1.32 bits per heavy atom. The Hall–Kier alpha value is -7.00. The summed E-state index contributed by atoms with van der Waals surface area (Å²) < 4.78 is 12.6. The van der Waals surface area contributed by atoms with Crippen LogP contribution in [0.3, 0.4) is 0 Å². The molecular formula is C34H36N10O12. The molecule has 0 saturated heterocycles. The van der Waals surface area contributed by atoms with E-state index in [1.807, 2.05) is 13.8 Å². The summed E-state index contributed by atoms with van der Waals surface area (Å²) in [5, 5.41) is 55.9. The van der Waals surface area contributed by atoms with Crippen LogP contribution in [0.1, 0.15) is 99.0 Å². The van der Waals surface area contributed by atoms with Crippen LogP contribution < -0.4 is 0 Å². The monoisotopic (exact) mass is 776 g/mol. The maximum Gasteiger partial charge on any atom is 0.361 e. The molecule has 0 N–H and O–H groups in total. The molecule has 3 aromatic heterocycles. The van der Waals surface area contributed by atoms with Gasteiger partial charge in [-0.05, 0) is 25.0 Å². The fraction of sp³-hybridized carbons (Fsp3) is 0.412. The third-order valence-corrected chi connectivity index (χ3v) is 8.65. The van der Waals surface area contributed by atoms with Crippen LogP contribution in [0, 0.1) is 40.5 Å². The van der Waals surface area contributed by atoms with E-state index < -0.39 is 65.8 Å².